The summed E-state index contributed by atoms with van der Waals surface area (Å²) in [6.45, 7) is -2.28. The summed E-state index contributed by atoms with van der Waals surface area (Å²) in [5.41, 5.74) is 5.79. The fourth-order valence-corrected chi connectivity index (χ4v) is 3.97. The average molecular weight is 451 g/mol. The molecule has 168 valence electrons. The van der Waals surface area contributed by atoms with E-state index in [0.29, 0.717) is 0 Å². The molecule has 5 rings (SSSR count). The van der Waals surface area contributed by atoms with E-state index < -0.39 is 43.0 Å². The minimum absolute atomic E-state index is 0.0211. The summed E-state index contributed by atoms with van der Waals surface area (Å²) in [5.74, 6) is -5.26. The van der Waals surface area contributed by atoms with Crippen molar-refractivity contribution in [1.82, 2.24) is 24.9 Å². The van der Waals surface area contributed by atoms with Crippen LogP contribution in [0.5, 0.6) is 5.88 Å². The molecule has 0 saturated carbocycles. The number of carbonyl (C=O) groups excluding carboxylic acids is 1. The molecule has 0 aliphatic carbocycles. The highest BCUT2D eigenvalue weighted by atomic mass is 19.3. The van der Waals surface area contributed by atoms with Crippen LogP contribution in [0.15, 0.2) is 24.5 Å². The summed E-state index contributed by atoms with van der Waals surface area (Å²) in [4.78, 5) is 22.4. The number of ether oxygens (including phenoxy) is 1. The fraction of sp³-hybridized carbons (Fsp3) is 0.368. The van der Waals surface area contributed by atoms with Crippen molar-refractivity contribution in [2.75, 3.05) is 30.3 Å². The van der Waals surface area contributed by atoms with Crippen molar-refractivity contribution in [3.8, 4) is 5.88 Å². The van der Waals surface area contributed by atoms with Gasteiger partial charge in [-0.25, -0.2) is 32.0 Å². The Bertz CT molecular complexity index is 1220. The summed E-state index contributed by atoms with van der Waals surface area (Å²) >= 11 is 0. The molecule has 1 saturated heterocycles. The Hall–Kier alpha value is -3.64. The minimum Gasteiger partial charge on any atom is -0.471 e. The largest absolute Gasteiger partial charge is 0.471 e. The third-order valence-electron chi connectivity index (χ3n) is 5.40. The molecule has 2 aliphatic rings. The van der Waals surface area contributed by atoms with Crippen molar-refractivity contribution >= 4 is 23.2 Å². The van der Waals surface area contributed by atoms with Gasteiger partial charge in [0.15, 0.2) is 18.1 Å². The summed E-state index contributed by atoms with van der Waals surface area (Å²) in [5, 5.41) is 6.10. The van der Waals surface area contributed by atoms with E-state index in [1.807, 2.05) is 0 Å². The molecule has 5 heterocycles. The molecule has 2 bridgehead atoms. The highest BCUT2D eigenvalue weighted by Gasteiger charge is 2.39. The van der Waals surface area contributed by atoms with Gasteiger partial charge in [-0.2, -0.15) is 0 Å². The normalized spacial score (nSPS) is 22.8. The first kappa shape index (κ1) is 20.3. The number of nitrogen functional groups attached to an aromatic ring is 1. The molecule has 13 heteroatoms. The van der Waals surface area contributed by atoms with E-state index in [1.165, 1.54) is 10.7 Å². The van der Waals surface area contributed by atoms with Gasteiger partial charge >= 0.3 is 0 Å². The Morgan fingerprint density at radius 2 is 2.16 bits per heavy atom. The van der Waals surface area contributed by atoms with Crippen LogP contribution in [0.4, 0.5) is 29.2 Å². The maximum Gasteiger partial charge on any atom is 0.298 e. The van der Waals surface area contributed by atoms with Gasteiger partial charge < -0.3 is 20.7 Å². The number of pyridine rings is 1. The second-order valence-corrected chi connectivity index (χ2v) is 7.69. The number of nitrogens with zero attached hydrogens (tertiary/aromatic N) is 5. The van der Waals surface area contributed by atoms with Gasteiger partial charge in [0.2, 0.25) is 5.88 Å². The Balaban J connectivity index is 1.70. The van der Waals surface area contributed by atoms with Gasteiger partial charge in [0.05, 0.1) is 25.3 Å². The number of carbonyl (C=O) groups is 1. The van der Waals surface area contributed by atoms with Gasteiger partial charge in [0.25, 0.3) is 11.8 Å². The number of halogens is 4. The van der Waals surface area contributed by atoms with Crippen LogP contribution in [-0.4, -0.2) is 57.3 Å². The van der Waals surface area contributed by atoms with Crippen molar-refractivity contribution in [2.24, 2.45) is 0 Å². The van der Waals surface area contributed by atoms with Gasteiger partial charge in [-0.15, -0.1) is 5.10 Å². The van der Waals surface area contributed by atoms with E-state index in [9.17, 15) is 22.4 Å². The number of amides is 1. The zero-order valence-electron chi connectivity index (χ0n) is 16.4. The molecule has 0 spiro atoms. The Morgan fingerprint density at radius 1 is 1.34 bits per heavy atom. The van der Waals surface area contributed by atoms with Gasteiger partial charge in [0.1, 0.15) is 23.4 Å². The van der Waals surface area contributed by atoms with Crippen molar-refractivity contribution in [2.45, 2.75) is 24.6 Å². The number of hydrogen-bond acceptors (Lipinski definition) is 7. The Kier molecular flexibility index (Phi) is 4.57. The van der Waals surface area contributed by atoms with Crippen LogP contribution < -0.4 is 20.7 Å². The number of aromatic nitrogens is 4. The second kappa shape index (κ2) is 7.21. The summed E-state index contributed by atoms with van der Waals surface area (Å²) < 4.78 is 63.8. The molecule has 2 aliphatic heterocycles. The highest BCUT2D eigenvalue weighted by molar-refractivity contribution is 6.04. The predicted molar refractivity (Wildman–Crippen MR) is 104 cm³/mol. The Labute approximate surface area is 178 Å². The second-order valence-electron chi connectivity index (χ2n) is 7.69. The molecule has 1 fully saturated rings. The van der Waals surface area contributed by atoms with E-state index in [2.05, 4.69) is 20.4 Å². The first-order chi connectivity index (χ1) is 15.2. The quantitative estimate of drug-likeness (QED) is 0.502. The lowest BCUT2D eigenvalue weighted by molar-refractivity contribution is -0.0391. The summed E-state index contributed by atoms with van der Waals surface area (Å²) in [6.07, 6.45) is 0.943. The third-order valence-corrected chi connectivity index (χ3v) is 5.40. The first-order valence-corrected chi connectivity index (χ1v) is 9.72. The smallest absolute Gasteiger partial charge is 0.298 e. The molecule has 1 amide bonds. The van der Waals surface area contributed by atoms with Crippen LogP contribution >= 0.6 is 0 Å². The van der Waals surface area contributed by atoms with Crippen molar-refractivity contribution in [1.29, 1.82) is 0 Å². The van der Waals surface area contributed by atoms with E-state index in [0.717, 1.165) is 12.3 Å². The van der Waals surface area contributed by atoms with Gasteiger partial charge in [-0.3, -0.25) is 4.79 Å². The molecule has 3 aromatic rings. The molecular formula is C19H17F4N7O2. The molecule has 3 N–H and O–H groups in total. The third kappa shape index (κ3) is 3.42. The SMILES string of the molecule is Nc1nn2ccc3nc2c1C(=O)NCC(F)(F)COc1ncc(F)cc1[C@H]1C[C@H](F)CN31. The lowest BCUT2D eigenvalue weighted by Crippen LogP contribution is -2.41. The van der Waals surface area contributed by atoms with E-state index in [-0.39, 0.29) is 47.3 Å². The zero-order chi connectivity index (χ0) is 22.6. The van der Waals surface area contributed by atoms with Crippen LogP contribution in [0.3, 0.4) is 0 Å². The topological polar surface area (TPSA) is 111 Å². The van der Waals surface area contributed by atoms with Crippen molar-refractivity contribution < 1.29 is 27.1 Å². The molecule has 32 heavy (non-hydrogen) atoms. The number of fused-ring (bicyclic) bond motifs is 5. The molecule has 2 atom stereocenters. The highest BCUT2D eigenvalue weighted by Crippen LogP contribution is 2.40. The van der Waals surface area contributed by atoms with Crippen LogP contribution in [0.25, 0.3) is 5.65 Å². The van der Waals surface area contributed by atoms with E-state index in [4.69, 9.17) is 10.5 Å². The lowest BCUT2D eigenvalue weighted by Gasteiger charge is -2.27. The average Bonchev–Trinajstić information content (AvgIpc) is 3.29. The predicted octanol–water partition coefficient (Wildman–Crippen LogP) is 1.89. The number of rotatable bonds is 0. The standard InChI is InChI=1S/C19H17F4N7O2/c20-9-3-11-12-4-10(21)6-29(12)13-1-2-30-16(27-13)14(15(24)28-30)17(31)26-7-19(22,23)8-32-18(11)25-5-9/h1-3,5,10,12H,4,6-8H2,(H2,24,28)(H,26,31)/t10-,12+/m0/s1. The van der Waals surface area contributed by atoms with Gasteiger partial charge in [-0.1, -0.05) is 0 Å². The maximum absolute atomic E-state index is 14.5. The monoisotopic (exact) mass is 451 g/mol. The van der Waals surface area contributed by atoms with Gasteiger partial charge in [-0.05, 0) is 12.1 Å². The molecule has 3 aromatic heterocycles. The number of anilines is 2. The fourth-order valence-electron chi connectivity index (χ4n) is 3.97. The number of nitrogens with one attached hydrogen (secondary N) is 1. The van der Waals surface area contributed by atoms with Crippen molar-refractivity contribution in [3.05, 3.63) is 41.5 Å². The van der Waals surface area contributed by atoms with Crippen molar-refractivity contribution in [3.63, 3.8) is 0 Å². The Morgan fingerprint density at radius 3 is 2.97 bits per heavy atom. The maximum atomic E-state index is 14.5. The molecule has 9 nitrogen and oxygen atoms in total. The summed E-state index contributed by atoms with van der Waals surface area (Å²) in [6, 6.07) is 1.84. The molecule has 0 aromatic carbocycles. The van der Waals surface area contributed by atoms with Crippen LogP contribution in [0, 0.1) is 5.82 Å². The summed E-state index contributed by atoms with van der Waals surface area (Å²) in [7, 11) is 0. The van der Waals surface area contributed by atoms with Crippen LogP contribution in [0.2, 0.25) is 0 Å². The zero-order valence-corrected chi connectivity index (χ0v) is 16.4. The lowest BCUT2D eigenvalue weighted by atomic mass is 10.1. The van der Waals surface area contributed by atoms with E-state index in [1.54, 1.807) is 11.0 Å². The van der Waals surface area contributed by atoms with E-state index >= 15 is 0 Å². The number of alkyl halides is 3. The number of hydrogen-bond donors (Lipinski definition) is 2. The molecule has 0 radical (unpaired) electrons. The molecule has 0 unspecified atom stereocenters. The first-order valence-electron chi connectivity index (χ1n) is 9.72. The number of nitrogens with two attached hydrogens (primary N) is 1. The van der Waals surface area contributed by atoms with Gasteiger partial charge in [0, 0.05) is 18.2 Å². The van der Waals surface area contributed by atoms with Crippen LogP contribution in [0.1, 0.15) is 28.4 Å². The minimum atomic E-state index is -3.48. The van der Waals surface area contributed by atoms with Crippen LogP contribution in [-0.2, 0) is 0 Å². The molecular weight excluding hydrogens is 434 g/mol.